The molecule has 1 fully saturated rings. The number of fused-ring (bicyclic) bond motifs is 1. The molecule has 1 aliphatic carbocycles. The van der Waals surface area contributed by atoms with Gasteiger partial charge in [-0.25, -0.2) is 4.98 Å². The number of anilines is 1. The summed E-state index contributed by atoms with van der Waals surface area (Å²) in [6.45, 7) is 0. The van der Waals surface area contributed by atoms with Gasteiger partial charge in [-0.05, 0) is 37.1 Å². The van der Waals surface area contributed by atoms with Gasteiger partial charge in [0, 0.05) is 11.5 Å². The quantitative estimate of drug-likeness (QED) is 0.755. The van der Waals surface area contributed by atoms with Crippen LogP contribution in [-0.4, -0.2) is 15.9 Å². The van der Waals surface area contributed by atoms with E-state index in [4.69, 9.17) is 0 Å². The lowest BCUT2D eigenvalue weighted by molar-refractivity contribution is -0.119. The molecule has 2 aromatic carbocycles. The molecule has 4 heteroatoms. The zero-order valence-electron chi connectivity index (χ0n) is 12.9. The molecule has 0 saturated heterocycles. The number of H-pyrrole nitrogens is 1. The van der Waals surface area contributed by atoms with E-state index in [2.05, 4.69) is 15.3 Å². The number of nitrogens with one attached hydrogen (secondary N) is 2. The Bertz CT molecular complexity index is 813. The molecule has 0 aliphatic heterocycles. The standard InChI is InChI=1S/C19H19N3O/c23-19(13-7-1-2-8-13)22-15-10-4-3-9-14(15)18-20-16-11-5-6-12-17(16)21-18/h3-6,9-13H,1-2,7-8H2,(H,20,21)(H,22,23). The predicted octanol–water partition coefficient (Wildman–Crippen LogP) is 4.36. The van der Waals surface area contributed by atoms with Crippen LogP contribution in [0.3, 0.4) is 0 Å². The van der Waals surface area contributed by atoms with E-state index in [-0.39, 0.29) is 11.8 Å². The highest BCUT2D eigenvalue weighted by atomic mass is 16.1. The van der Waals surface area contributed by atoms with Gasteiger partial charge in [0.15, 0.2) is 0 Å². The number of rotatable bonds is 3. The van der Waals surface area contributed by atoms with Crippen molar-refractivity contribution in [1.82, 2.24) is 9.97 Å². The average molecular weight is 305 g/mol. The summed E-state index contributed by atoms with van der Waals surface area (Å²) in [6.07, 6.45) is 4.31. The van der Waals surface area contributed by atoms with E-state index in [0.717, 1.165) is 53.8 Å². The minimum Gasteiger partial charge on any atom is -0.338 e. The average Bonchev–Trinajstić information content (AvgIpc) is 3.25. The van der Waals surface area contributed by atoms with Crippen LogP contribution in [0.15, 0.2) is 48.5 Å². The Kier molecular flexibility index (Phi) is 3.58. The summed E-state index contributed by atoms with van der Waals surface area (Å²) in [4.78, 5) is 20.4. The summed E-state index contributed by atoms with van der Waals surface area (Å²) >= 11 is 0. The second-order valence-electron chi connectivity index (χ2n) is 6.12. The topological polar surface area (TPSA) is 57.8 Å². The van der Waals surface area contributed by atoms with Gasteiger partial charge in [-0.1, -0.05) is 37.1 Å². The molecule has 4 nitrogen and oxygen atoms in total. The predicted molar refractivity (Wildman–Crippen MR) is 92.1 cm³/mol. The van der Waals surface area contributed by atoms with Gasteiger partial charge in [0.2, 0.25) is 5.91 Å². The summed E-state index contributed by atoms with van der Waals surface area (Å²) in [5.41, 5.74) is 3.68. The minimum atomic E-state index is 0.131. The lowest BCUT2D eigenvalue weighted by Gasteiger charge is -2.13. The number of imidazole rings is 1. The number of benzene rings is 2. The lowest BCUT2D eigenvalue weighted by Crippen LogP contribution is -2.20. The highest BCUT2D eigenvalue weighted by molar-refractivity contribution is 5.96. The third-order valence-electron chi connectivity index (χ3n) is 4.56. The van der Waals surface area contributed by atoms with E-state index in [1.807, 2.05) is 48.5 Å². The van der Waals surface area contributed by atoms with E-state index in [1.54, 1.807) is 0 Å². The largest absolute Gasteiger partial charge is 0.338 e. The Morgan fingerprint density at radius 2 is 1.78 bits per heavy atom. The van der Waals surface area contributed by atoms with Crippen molar-refractivity contribution in [2.45, 2.75) is 25.7 Å². The van der Waals surface area contributed by atoms with Crippen LogP contribution in [0.4, 0.5) is 5.69 Å². The van der Waals surface area contributed by atoms with Gasteiger partial charge in [0.1, 0.15) is 5.82 Å². The van der Waals surface area contributed by atoms with Crippen LogP contribution in [0.25, 0.3) is 22.4 Å². The number of nitrogens with zero attached hydrogens (tertiary/aromatic N) is 1. The molecule has 0 bridgehead atoms. The van der Waals surface area contributed by atoms with Gasteiger partial charge in [-0.3, -0.25) is 4.79 Å². The SMILES string of the molecule is O=C(Nc1ccccc1-c1nc2ccccc2[nH]1)C1CCCC1. The molecule has 0 atom stereocenters. The molecular weight excluding hydrogens is 286 g/mol. The van der Waals surface area contributed by atoms with Crippen molar-refractivity contribution >= 4 is 22.6 Å². The molecule has 116 valence electrons. The second-order valence-corrected chi connectivity index (χ2v) is 6.12. The highest BCUT2D eigenvalue weighted by Gasteiger charge is 2.23. The molecule has 23 heavy (non-hydrogen) atoms. The molecule has 1 saturated carbocycles. The van der Waals surface area contributed by atoms with E-state index in [9.17, 15) is 4.79 Å². The molecule has 0 unspecified atom stereocenters. The van der Waals surface area contributed by atoms with Crippen LogP contribution >= 0.6 is 0 Å². The van der Waals surface area contributed by atoms with Crippen LogP contribution in [0.5, 0.6) is 0 Å². The van der Waals surface area contributed by atoms with Gasteiger partial charge >= 0.3 is 0 Å². The Morgan fingerprint density at radius 3 is 2.61 bits per heavy atom. The van der Waals surface area contributed by atoms with E-state index < -0.39 is 0 Å². The first-order valence-corrected chi connectivity index (χ1v) is 8.16. The maximum absolute atomic E-state index is 12.4. The first-order chi connectivity index (χ1) is 11.3. The molecule has 0 spiro atoms. The highest BCUT2D eigenvalue weighted by Crippen LogP contribution is 2.30. The maximum Gasteiger partial charge on any atom is 0.227 e. The van der Waals surface area contributed by atoms with Crippen molar-refractivity contribution < 1.29 is 4.79 Å². The summed E-state index contributed by atoms with van der Waals surface area (Å²) < 4.78 is 0. The Morgan fingerprint density at radius 1 is 1.04 bits per heavy atom. The van der Waals surface area contributed by atoms with E-state index in [1.165, 1.54) is 0 Å². The van der Waals surface area contributed by atoms with Gasteiger partial charge < -0.3 is 10.3 Å². The molecule has 1 amide bonds. The van der Waals surface area contributed by atoms with Crippen LogP contribution in [-0.2, 0) is 4.79 Å². The summed E-state index contributed by atoms with van der Waals surface area (Å²) in [7, 11) is 0. The normalized spacial score (nSPS) is 15.1. The zero-order chi connectivity index (χ0) is 15.6. The van der Waals surface area contributed by atoms with Crippen molar-refractivity contribution in [2.24, 2.45) is 5.92 Å². The Hall–Kier alpha value is -2.62. The zero-order valence-corrected chi connectivity index (χ0v) is 12.9. The first kappa shape index (κ1) is 14.0. The van der Waals surface area contributed by atoms with Crippen molar-refractivity contribution in [3.63, 3.8) is 0 Å². The van der Waals surface area contributed by atoms with Crippen LogP contribution in [0.2, 0.25) is 0 Å². The fourth-order valence-electron chi connectivity index (χ4n) is 3.30. The number of aromatic amines is 1. The van der Waals surface area contributed by atoms with E-state index in [0.29, 0.717) is 0 Å². The smallest absolute Gasteiger partial charge is 0.227 e. The summed E-state index contributed by atoms with van der Waals surface area (Å²) in [5.74, 6) is 1.07. The van der Waals surface area contributed by atoms with Gasteiger partial charge in [-0.2, -0.15) is 0 Å². The molecule has 1 aromatic heterocycles. The Balaban J connectivity index is 1.67. The molecule has 2 N–H and O–H groups in total. The minimum absolute atomic E-state index is 0.131. The summed E-state index contributed by atoms with van der Waals surface area (Å²) in [6, 6.07) is 15.8. The molecule has 1 heterocycles. The third kappa shape index (κ3) is 2.72. The van der Waals surface area contributed by atoms with Crippen molar-refractivity contribution in [3.05, 3.63) is 48.5 Å². The monoisotopic (exact) mass is 305 g/mol. The maximum atomic E-state index is 12.4. The van der Waals surface area contributed by atoms with Crippen LogP contribution in [0, 0.1) is 5.92 Å². The molecule has 4 rings (SSSR count). The number of aromatic nitrogens is 2. The molecule has 1 aliphatic rings. The number of hydrogen-bond acceptors (Lipinski definition) is 2. The fourth-order valence-corrected chi connectivity index (χ4v) is 3.30. The summed E-state index contributed by atoms with van der Waals surface area (Å²) in [5, 5.41) is 3.10. The molecule has 0 radical (unpaired) electrons. The van der Waals surface area contributed by atoms with E-state index >= 15 is 0 Å². The van der Waals surface area contributed by atoms with Crippen molar-refractivity contribution in [1.29, 1.82) is 0 Å². The third-order valence-corrected chi connectivity index (χ3v) is 4.56. The van der Waals surface area contributed by atoms with Gasteiger partial charge in [0.25, 0.3) is 0 Å². The number of hydrogen-bond donors (Lipinski definition) is 2. The van der Waals surface area contributed by atoms with Crippen molar-refractivity contribution in [3.8, 4) is 11.4 Å². The number of carbonyl (C=O) groups excluding carboxylic acids is 1. The second kappa shape index (κ2) is 5.88. The number of amides is 1. The van der Waals surface area contributed by atoms with Crippen LogP contribution in [0.1, 0.15) is 25.7 Å². The van der Waals surface area contributed by atoms with Crippen molar-refractivity contribution in [2.75, 3.05) is 5.32 Å². The van der Waals surface area contributed by atoms with Gasteiger partial charge in [-0.15, -0.1) is 0 Å². The molecular formula is C19H19N3O. The number of para-hydroxylation sites is 3. The first-order valence-electron chi connectivity index (χ1n) is 8.16. The lowest BCUT2D eigenvalue weighted by atomic mass is 10.1. The number of carbonyl (C=O) groups is 1. The Labute approximate surface area is 134 Å². The van der Waals surface area contributed by atoms with Crippen LogP contribution < -0.4 is 5.32 Å². The van der Waals surface area contributed by atoms with Gasteiger partial charge in [0.05, 0.1) is 16.7 Å². The fraction of sp³-hybridized carbons (Fsp3) is 0.263. The molecule has 3 aromatic rings.